The molecular weight excluding hydrogens is 216 g/mol. The molecule has 3 heteroatoms. The molecule has 0 heterocycles. The minimum atomic E-state index is -0.968. The van der Waals surface area contributed by atoms with Gasteiger partial charge in [-0.3, -0.25) is 0 Å². The summed E-state index contributed by atoms with van der Waals surface area (Å²) < 4.78 is 4.75. The van der Waals surface area contributed by atoms with Crippen molar-refractivity contribution in [1.29, 1.82) is 0 Å². The van der Waals surface area contributed by atoms with Gasteiger partial charge in [-0.05, 0) is 25.8 Å². The van der Waals surface area contributed by atoms with Crippen molar-refractivity contribution in [3.8, 4) is 0 Å². The molecule has 0 amide bonds. The largest absolute Gasteiger partial charge is 0.463 e. The first-order valence-electron chi connectivity index (χ1n) is 5.67. The molecule has 0 saturated heterocycles. The molecule has 0 unspecified atom stereocenters. The molecule has 1 atom stereocenters. The van der Waals surface area contributed by atoms with Crippen LogP contribution in [0.25, 0.3) is 0 Å². The fourth-order valence-electron chi connectivity index (χ4n) is 1.49. The summed E-state index contributed by atoms with van der Waals surface area (Å²) in [6.07, 6.45) is 3.35. The number of esters is 1. The maximum atomic E-state index is 11.1. The average Bonchev–Trinajstić information content (AvgIpc) is 2.30. The molecule has 0 aliphatic carbocycles. The molecule has 0 aliphatic rings. The van der Waals surface area contributed by atoms with Gasteiger partial charge in [0.05, 0.1) is 12.2 Å². The zero-order valence-electron chi connectivity index (χ0n) is 10.2. The Bertz CT molecular complexity index is 380. The Labute approximate surface area is 102 Å². The average molecular weight is 234 g/mol. The van der Waals surface area contributed by atoms with Gasteiger partial charge in [-0.25, -0.2) is 4.79 Å². The maximum Gasteiger partial charge on any atom is 0.330 e. The summed E-state index contributed by atoms with van der Waals surface area (Å²) in [7, 11) is 0. The van der Waals surface area contributed by atoms with Gasteiger partial charge in [0, 0.05) is 6.08 Å². The second-order valence-corrected chi connectivity index (χ2v) is 4.00. The van der Waals surface area contributed by atoms with Crippen LogP contribution in [0.4, 0.5) is 0 Å². The van der Waals surface area contributed by atoms with Crippen LogP contribution in [0.1, 0.15) is 25.8 Å². The number of ether oxygens (including phenoxy) is 1. The van der Waals surface area contributed by atoms with Crippen LogP contribution in [-0.4, -0.2) is 17.7 Å². The van der Waals surface area contributed by atoms with Crippen LogP contribution >= 0.6 is 0 Å². The van der Waals surface area contributed by atoms with Crippen LogP contribution < -0.4 is 0 Å². The fraction of sp³-hybridized carbons (Fsp3) is 0.357. The lowest BCUT2D eigenvalue weighted by molar-refractivity contribution is -0.137. The van der Waals surface area contributed by atoms with Crippen LogP contribution in [0.2, 0.25) is 0 Å². The second-order valence-electron chi connectivity index (χ2n) is 4.00. The third-order valence-electron chi connectivity index (χ3n) is 2.45. The van der Waals surface area contributed by atoms with Crippen molar-refractivity contribution in [2.24, 2.45) is 0 Å². The first kappa shape index (κ1) is 13.5. The summed E-state index contributed by atoms with van der Waals surface area (Å²) in [5.41, 5.74) is -0.141. The Morgan fingerprint density at radius 2 is 2.06 bits per heavy atom. The Balaban J connectivity index is 2.59. The Morgan fingerprint density at radius 3 is 2.65 bits per heavy atom. The minimum Gasteiger partial charge on any atom is -0.463 e. The van der Waals surface area contributed by atoms with Gasteiger partial charge in [-0.2, -0.15) is 0 Å². The van der Waals surface area contributed by atoms with Gasteiger partial charge >= 0.3 is 5.97 Å². The summed E-state index contributed by atoms with van der Waals surface area (Å²) in [6, 6.07) is 9.36. The zero-order chi connectivity index (χ0) is 12.7. The van der Waals surface area contributed by atoms with Crippen molar-refractivity contribution < 1.29 is 14.6 Å². The highest BCUT2D eigenvalue weighted by Gasteiger charge is 2.20. The predicted octanol–water partition coefficient (Wildman–Crippen LogP) is 2.40. The van der Waals surface area contributed by atoms with Crippen LogP contribution in [0.3, 0.4) is 0 Å². The van der Waals surface area contributed by atoms with Crippen molar-refractivity contribution in [3.63, 3.8) is 0 Å². The van der Waals surface area contributed by atoms with Crippen molar-refractivity contribution in [1.82, 2.24) is 0 Å². The van der Waals surface area contributed by atoms with Gasteiger partial charge < -0.3 is 9.84 Å². The van der Waals surface area contributed by atoms with Crippen molar-refractivity contribution in [3.05, 3.63) is 48.0 Å². The lowest BCUT2D eigenvalue weighted by atomic mass is 9.92. The molecule has 1 aromatic rings. The van der Waals surface area contributed by atoms with Gasteiger partial charge in [0.2, 0.25) is 0 Å². The number of carbonyl (C=O) groups is 1. The molecule has 0 spiro atoms. The van der Waals surface area contributed by atoms with Crippen LogP contribution in [-0.2, 0) is 15.1 Å². The fourth-order valence-corrected chi connectivity index (χ4v) is 1.49. The zero-order valence-corrected chi connectivity index (χ0v) is 10.2. The Kier molecular flexibility index (Phi) is 4.91. The Hall–Kier alpha value is -1.61. The summed E-state index contributed by atoms with van der Waals surface area (Å²) in [4.78, 5) is 11.1. The van der Waals surface area contributed by atoms with Gasteiger partial charge in [-0.15, -0.1) is 0 Å². The molecule has 0 radical (unpaired) electrons. The molecule has 17 heavy (non-hydrogen) atoms. The van der Waals surface area contributed by atoms with Crippen LogP contribution in [0, 0.1) is 0 Å². The van der Waals surface area contributed by atoms with Crippen molar-refractivity contribution in [2.45, 2.75) is 25.9 Å². The molecule has 3 nitrogen and oxygen atoms in total. The van der Waals surface area contributed by atoms with Gasteiger partial charge in [0.15, 0.2) is 0 Å². The molecule has 0 bridgehead atoms. The highest BCUT2D eigenvalue weighted by Crippen LogP contribution is 2.24. The lowest BCUT2D eigenvalue weighted by Crippen LogP contribution is -2.19. The van der Waals surface area contributed by atoms with E-state index < -0.39 is 5.60 Å². The van der Waals surface area contributed by atoms with Crippen LogP contribution in [0.15, 0.2) is 42.5 Å². The Morgan fingerprint density at radius 1 is 1.41 bits per heavy atom. The number of hydrogen-bond acceptors (Lipinski definition) is 3. The quantitative estimate of drug-likeness (QED) is 0.628. The van der Waals surface area contributed by atoms with E-state index in [0.29, 0.717) is 13.0 Å². The molecule has 0 aromatic heterocycles. The van der Waals surface area contributed by atoms with E-state index in [4.69, 9.17) is 4.74 Å². The van der Waals surface area contributed by atoms with E-state index in [9.17, 15) is 9.90 Å². The predicted molar refractivity (Wildman–Crippen MR) is 66.4 cm³/mol. The normalized spacial score (nSPS) is 14.5. The number of hydrogen-bond donors (Lipinski definition) is 1. The molecule has 1 rings (SSSR count). The molecule has 92 valence electrons. The summed E-state index contributed by atoms with van der Waals surface area (Å²) >= 11 is 0. The van der Waals surface area contributed by atoms with Crippen molar-refractivity contribution in [2.75, 3.05) is 6.61 Å². The molecule has 1 N–H and O–H groups in total. The van der Waals surface area contributed by atoms with E-state index in [1.165, 1.54) is 6.08 Å². The molecule has 0 saturated carbocycles. The molecule has 0 fully saturated rings. The van der Waals surface area contributed by atoms with E-state index in [1.807, 2.05) is 30.3 Å². The number of carbonyl (C=O) groups excluding carboxylic acids is 1. The summed E-state index contributed by atoms with van der Waals surface area (Å²) in [6.45, 7) is 3.84. The monoisotopic (exact) mass is 234 g/mol. The number of benzene rings is 1. The molecular formula is C14H18O3. The van der Waals surface area contributed by atoms with E-state index in [0.717, 1.165) is 5.56 Å². The summed E-state index contributed by atoms with van der Waals surface area (Å²) in [5, 5.41) is 10.2. The van der Waals surface area contributed by atoms with Gasteiger partial charge in [0.25, 0.3) is 0 Å². The third-order valence-corrected chi connectivity index (χ3v) is 2.45. The van der Waals surface area contributed by atoms with Gasteiger partial charge in [-0.1, -0.05) is 36.4 Å². The van der Waals surface area contributed by atoms with E-state index >= 15 is 0 Å². The maximum absolute atomic E-state index is 11.1. The topological polar surface area (TPSA) is 46.5 Å². The minimum absolute atomic E-state index is 0.359. The third kappa shape index (κ3) is 4.41. The van der Waals surface area contributed by atoms with E-state index in [2.05, 4.69) is 0 Å². The highest BCUT2D eigenvalue weighted by molar-refractivity contribution is 5.81. The smallest absolute Gasteiger partial charge is 0.330 e. The van der Waals surface area contributed by atoms with E-state index in [-0.39, 0.29) is 5.97 Å². The number of aliphatic hydroxyl groups is 1. The van der Waals surface area contributed by atoms with Crippen molar-refractivity contribution >= 4 is 5.97 Å². The SMILES string of the molecule is CCOC(=O)/C=C\C[C@](C)(O)c1ccccc1. The second kappa shape index (κ2) is 6.21. The first-order valence-corrected chi connectivity index (χ1v) is 5.67. The standard InChI is InChI=1S/C14H18O3/c1-3-17-13(15)10-7-11-14(2,16)12-8-5-4-6-9-12/h4-10,16H,3,11H2,1-2H3/b10-7-/t14-/m0/s1. The molecule has 0 aliphatic heterocycles. The lowest BCUT2D eigenvalue weighted by Gasteiger charge is -2.21. The van der Waals surface area contributed by atoms with Crippen LogP contribution in [0.5, 0.6) is 0 Å². The van der Waals surface area contributed by atoms with E-state index in [1.54, 1.807) is 19.9 Å². The highest BCUT2D eigenvalue weighted by atomic mass is 16.5. The number of rotatable bonds is 5. The first-order chi connectivity index (χ1) is 8.06. The summed E-state index contributed by atoms with van der Waals surface area (Å²) in [5.74, 6) is -0.378. The van der Waals surface area contributed by atoms with Gasteiger partial charge in [0.1, 0.15) is 0 Å². The molecule has 1 aromatic carbocycles.